The van der Waals surface area contributed by atoms with Crippen molar-refractivity contribution in [2.24, 2.45) is 22.9 Å². The number of aliphatic hydroxyl groups is 3. The highest BCUT2D eigenvalue weighted by atomic mass is 16.7. The Kier molecular flexibility index (Phi) is 16.9. The van der Waals surface area contributed by atoms with Crippen LogP contribution >= 0.6 is 0 Å². The molecule has 14 heteroatoms. The summed E-state index contributed by atoms with van der Waals surface area (Å²) in [6, 6.07) is 4.53. The Bertz CT molecular complexity index is 1400. The van der Waals surface area contributed by atoms with Gasteiger partial charge >= 0.3 is 12.2 Å². The van der Waals surface area contributed by atoms with Crippen LogP contribution in [-0.2, 0) is 19.0 Å². The van der Waals surface area contributed by atoms with Gasteiger partial charge in [-0.25, -0.2) is 9.59 Å². The molecule has 1 aromatic rings. The second-order valence-corrected chi connectivity index (χ2v) is 13.3. The zero-order chi connectivity index (χ0) is 38.2. The number of hydrogen-bond donors (Lipinski definition) is 4. The second kappa shape index (κ2) is 21.3. The SMILES string of the molecule is C=CCO[C@@]12Oc3ccc(OC(=O)NCC)cc3[C@H]3[C@H](CCCCO)[C@@H](CCCCO)C=C(C(=NOCC)C[C@@H]1N(CCOCCO)C(=O)OCC)[C@H]32. The highest BCUT2D eigenvalue weighted by Crippen LogP contribution is 2.62. The molecule has 0 bridgehead atoms. The fourth-order valence-corrected chi connectivity index (χ4v) is 8.05. The molecule has 53 heavy (non-hydrogen) atoms. The fourth-order valence-electron chi connectivity index (χ4n) is 8.05. The number of carbonyl (C=O) groups is 2. The Balaban J connectivity index is 2.02. The van der Waals surface area contributed by atoms with Gasteiger partial charge in [-0.2, -0.15) is 0 Å². The van der Waals surface area contributed by atoms with Crippen molar-refractivity contribution in [1.29, 1.82) is 0 Å². The van der Waals surface area contributed by atoms with Crippen molar-refractivity contribution >= 4 is 17.9 Å². The Morgan fingerprint density at radius 1 is 1.06 bits per heavy atom. The van der Waals surface area contributed by atoms with Crippen molar-refractivity contribution in [2.75, 3.05) is 65.9 Å². The maximum absolute atomic E-state index is 13.9. The van der Waals surface area contributed by atoms with E-state index in [4.69, 9.17) is 28.5 Å². The van der Waals surface area contributed by atoms with Crippen molar-refractivity contribution < 1.29 is 53.4 Å². The normalized spacial score (nSPS) is 25.0. The molecule has 4 N–H and O–H groups in total. The standard InChI is InChI=1S/C39H59N3O11/c1-5-21-50-39-34(42(38(47)49-7-3)17-22-48-23-20-45)26-32(41-51-8-4)30-24-27(13-9-11-18-43)29(14-10-12-19-44)35(36(30)39)31-25-28(15-16-33(31)53-39)52-37(46)40-6-2/h5,15-16,24-25,27,29,34-36,43-45H,1,6-14,17-23,26H2,2-4H3,(H,40,46)/t27-,29+,34-,35+,36+,39+/m0/s1. The second-order valence-electron chi connectivity index (χ2n) is 13.3. The number of amides is 2. The lowest BCUT2D eigenvalue weighted by Gasteiger charge is -2.59. The highest BCUT2D eigenvalue weighted by Gasteiger charge is 2.65. The summed E-state index contributed by atoms with van der Waals surface area (Å²) in [6.07, 6.45) is 7.35. The zero-order valence-electron chi connectivity index (χ0n) is 31.5. The quantitative estimate of drug-likeness (QED) is 0.0720. The zero-order valence-corrected chi connectivity index (χ0v) is 31.5. The van der Waals surface area contributed by atoms with Gasteiger partial charge in [0.1, 0.15) is 24.1 Å². The van der Waals surface area contributed by atoms with E-state index in [2.05, 4.69) is 23.1 Å². The first-order chi connectivity index (χ1) is 25.8. The van der Waals surface area contributed by atoms with Crippen molar-refractivity contribution in [3.05, 3.63) is 48.1 Å². The molecule has 2 amide bonds. The van der Waals surface area contributed by atoms with Crippen molar-refractivity contribution in [3.63, 3.8) is 0 Å². The third kappa shape index (κ3) is 10.1. The van der Waals surface area contributed by atoms with Crippen LogP contribution in [0.15, 0.2) is 47.7 Å². The number of nitrogens with one attached hydrogen (secondary N) is 1. The minimum Gasteiger partial charge on any atom is -0.459 e. The molecular weight excluding hydrogens is 686 g/mol. The van der Waals surface area contributed by atoms with Gasteiger partial charge in [0.15, 0.2) is 0 Å². The highest BCUT2D eigenvalue weighted by molar-refractivity contribution is 6.03. The Morgan fingerprint density at radius 3 is 2.51 bits per heavy atom. The first-order valence-corrected chi connectivity index (χ1v) is 19.1. The number of rotatable bonds is 22. The first-order valence-electron chi connectivity index (χ1n) is 19.1. The van der Waals surface area contributed by atoms with E-state index in [0.29, 0.717) is 43.2 Å². The summed E-state index contributed by atoms with van der Waals surface area (Å²) in [5.41, 5.74) is 2.36. The summed E-state index contributed by atoms with van der Waals surface area (Å²) in [5.74, 6) is -1.37. The monoisotopic (exact) mass is 745 g/mol. The summed E-state index contributed by atoms with van der Waals surface area (Å²) < 4.78 is 31.0. The number of benzene rings is 1. The Labute approximate surface area is 313 Å². The molecule has 0 radical (unpaired) electrons. The van der Waals surface area contributed by atoms with Crippen LogP contribution in [0, 0.1) is 17.8 Å². The minimum absolute atomic E-state index is 0.000841. The van der Waals surface area contributed by atoms with Crippen molar-refractivity contribution in [2.45, 2.75) is 83.5 Å². The number of ether oxygens (including phenoxy) is 5. The van der Waals surface area contributed by atoms with Crippen molar-refractivity contribution in [3.8, 4) is 11.5 Å². The molecule has 14 nitrogen and oxygen atoms in total. The molecule has 0 unspecified atom stereocenters. The largest absolute Gasteiger partial charge is 0.459 e. The van der Waals surface area contributed by atoms with Gasteiger partial charge in [-0.3, -0.25) is 4.90 Å². The Hall–Kier alpha value is -3.69. The summed E-state index contributed by atoms with van der Waals surface area (Å²) in [4.78, 5) is 33.8. The molecule has 1 aliphatic heterocycles. The van der Waals surface area contributed by atoms with E-state index in [-0.39, 0.29) is 77.0 Å². The predicted molar refractivity (Wildman–Crippen MR) is 198 cm³/mol. The van der Waals surface area contributed by atoms with Crippen LogP contribution in [0.3, 0.4) is 0 Å². The van der Waals surface area contributed by atoms with Crippen LogP contribution in [0.25, 0.3) is 0 Å². The molecule has 4 rings (SSSR count). The van der Waals surface area contributed by atoms with Gasteiger partial charge < -0.3 is 49.2 Å². The lowest BCUT2D eigenvalue weighted by atomic mass is 9.55. The van der Waals surface area contributed by atoms with E-state index in [1.54, 1.807) is 30.0 Å². The number of carbonyl (C=O) groups excluding carboxylic acids is 2. The molecule has 296 valence electrons. The number of fused-ring (bicyclic) bond motifs is 2. The van der Waals surface area contributed by atoms with Gasteiger partial charge in [0.25, 0.3) is 0 Å². The molecule has 0 spiro atoms. The molecule has 1 fully saturated rings. The summed E-state index contributed by atoms with van der Waals surface area (Å²) in [5, 5.41) is 36.3. The third-order valence-corrected chi connectivity index (χ3v) is 10.1. The summed E-state index contributed by atoms with van der Waals surface area (Å²) in [6.45, 7) is 10.6. The molecule has 0 saturated heterocycles. The first kappa shape index (κ1) is 42.1. The average Bonchev–Trinajstić information content (AvgIpc) is 3.15. The maximum Gasteiger partial charge on any atom is 0.412 e. The summed E-state index contributed by atoms with van der Waals surface area (Å²) >= 11 is 0. The van der Waals surface area contributed by atoms with Crippen LogP contribution in [0.5, 0.6) is 11.5 Å². The van der Waals surface area contributed by atoms with Crippen molar-refractivity contribution in [1.82, 2.24) is 10.2 Å². The van der Waals surface area contributed by atoms with Crippen LogP contribution in [0.4, 0.5) is 9.59 Å². The van der Waals surface area contributed by atoms with Crippen LogP contribution in [0.2, 0.25) is 0 Å². The predicted octanol–water partition coefficient (Wildman–Crippen LogP) is 4.92. The van der Waals surface area contributed by atoms with Gasteiger partial charge in [-0.15, -0.1) is 6.58 Å². The molecule has 1 saturated carbocycles. The molecule has 6 atom stereocenters. The number of allylic oxidation sites excluding steroid dienone is 1. The van der Waals surface area contributed by atoms with E-state index in [9.17, 15) is 24.9 Å². The van der Waals surface area contributed by atoms with E-state index >= 15 is 0 Å². The molecule has 1 heterocycles. The average molecular weight is 746 g/mol. The van der Waals surface area contributed by atoms with Gasteiger partial charge in [0.05, 0.1) is 44.7 Å². The smallest absolute Gasteiger partial charge is 0.412 e. The fraction of sp³-hybridized carbons (Fsp3) is 0.667. The van der Waals surface area contributed by atoms with Crippen LogP contribution in [-0.4, -0.2) is 116 Å². The van der Waals surface area contributed by atoms with E-state index < -0.39 is 29.9 Å². The van der Waals surface area contributed by atoms with Crippen LogP contribution < -0.4 is 14.8 Å². The lowest BCUT2D eigenvalue weighted by Crippen LogP contribution is -2.70. The number of hydrogen-bond acceptors (Lipinski definition) is 12. The minimum atomic E-state index is -1.47. The Morgan fingerprint density at radius 2 is 1.83 bits per heavy atom. The van der Waals surface area contributed by atoms with Gasteiger partial charge in [-0.1, -0.05) is 30.1 Å². The van der Waals surface area contributed by atoms with Gasteiger partial charge in [-0.05, 0) is 82.1 Å². The van der Waals surface area contributed by atoms with Gasteiger partial charge in [0, 0.05) is 44.2 Å². The molecular formula is C39H59N3O11. The number of nitrogens with zero attached hydrogens (tertiary/aromatic N) is 2. The number of unbranched alkanes of at least 4 members (excludes halogenated alkanes) is 2. The van der Waals surface area contributed by atoms with E-state index in [0.717, 1.165) is 36.8 Å². The third-order valence-electron chi connectivity index (χ3n) is 10.1. The molecule has 2 aliphatic carbocycles. The number of oxime groups is 1. The number of aliphatic hydroxyl groups excluding tert-OH is 3. The molecule has 0 aromatic heterocycles. The van der Waals surface area contributed by atoms with Gasteiger partial charge in [0.2, 0.25) is 5.79 Å². The van der Waals surface area contributed by atoms with E-state index in [1.165, 1.54) is 0 Å². The summed E-state index contributed by atoms with van der Waals surface area (Å²) in [7, 11) is 0. The van der Waals surface area contributed by atoms with Crippen LogP contribution in [0.1, 0.15) is 77.2 Å². The topological polar surface area (TPSA) is 178 Å². The van der Waals surface area contributed by atoms with E-state index in [1.807, 2.05) is 19.9 Å². The molecule has 1 aromatic carbocycles. The maximum atomic E-state index is 13.9. The molecule has 3 aliphatic rings. The lowest BCUT2D eigenvalue weighted by molar-refractivity contribution is -0.256.